The van der Waals surface area contributed by atoms with Crippen molar-refractivity contribution in [3.05, 3.63) is 64.2 Å². The van der Waals surface area contributed by atoms with Crippen LogP contribution in [0.3, 0.4) is 0 Å². The molecule has 0 spiro atoms. The summed E-state index contributed by atoms with van der Waals surface area (Å²) in [6.07, 6.45) is 4.12. The van der Waals surface area contributed by atoms with Crippen LogP contribution in [-0.2, 0) is 4.74 Å². The lowest BCUT2D eigenvalue weighted by Gasteiger charge is -2.44. The van der Waals surface area contributed by atoms with Crippen LogP contribution < -0.4 is 5.32 Å². The quantitative estimate of drug-likeness (QED) is 0.729. The summed E-state index contributed by atoms with van der Waals surface area (Å²) in [7, 11) is 1.43. The van der Waals surface area contributed by atoms with Gasteiger partial charge in [-0.25, -0.2) is 4.79 Å². The number of nitrogens with one attached hydrogen (secondary N) is 1. The third kappa shape index (κ3) is 2.44. The van der Waals surface area contributed by atoms with Gasteiger partial charge in [-0.15, -0.1) is 0 Å². The highest BCUT2D eigenvalue weighted by atomic mass is 16.5. The molecule has 5 rings (SSSR count). The smallest absolute Gasteiger partial charge is 0.337 e. The van der Waals surface area contributed by atoms with Gasteiger partial charge in [0.25, 0.3) is 0 Å². The van der Waals surface area contributed by atoms with Crippen molar-refractivity contribution in [2.75, 3.05) is 12.4 Å². The van der Waals surface area contributed by atoms with Crippen molar-refractivity contribution in [1.29, 1.82) is 0 Å². The Hall–Kier alpha value is -2.29. The monoisotopic (exact) mass is 361 g/mol. The van der Waals surface area contributed by atoms with E-state index in [-0.39, 0.29) is 5.97 Å². The first kappa shape index (κ1) is 16.9. The van der Waals surface area contributed by atoms with Crippen molar-refractivity contribution < 1.29 is 9.53 Å². The maximum Gasteiger partial charge on any atom is 0.337 e. The van der Waals surface area contributed by atoms with E-state index < -0.39 is 0 Å². The lowest BCUT2D eigenvalue weighted by Crippen LogP contribution is -2.36. The van der Waals surface area contributed by atoms with E-state index in [2.05, 4.69) is 43.4 Å². The Bertz CT molecular complexity index is 901. The van der Waals surface area contributed by atoms with E-state index in [1.54, 1.807) is 5.56 Å². The van der Waals surface area contributed by atoms with Crippen molar-refractivity contribution in [1.82, 2.24) is 0 Å². The Labute approximate surface area is 161 Å². The number of hydrogen-bond donors (Lipinski definition) is 1. The number of carbonyl (C=O) groups is 1. The highest BCUT2D eigenvalue weighted by Crippen LogP contribution is 2.64. The van der Waals surface area contributed by atoms with Crippen LogP contribution in [0.25, 0.3) is 0 Å². The lowest BCUT2D eigenvalue weighted by molar-refractivity contribution is 0.0600. The van der Waals surface area contributed by atoms with Crippen LogP contribution in [0.1, 0.15) is 63.8 Å². The summed E-state index contributed by atoms with van der Waals surface area (Å²) in [5, 5.41) is 3.93. The fourth-order valence-electron chi connectivity index (χ4n) is 6.20. The van der Waals surface area contributed by atoms with E-state index in [9.17, 15) is 4.79 Å². The number of esters is 1. The largest absolute Gasteiger partial charge is 0.465 e. The minimum atomic E-state index is -0.271. The number of ether oxygens (including phenoxy) is 1. The molecule has 1 N–H and O–H groups in total. The van der Waals surface area contributed by atoms with Crippen LogP contribution in [0.15, 0.2) is 36.4 Å². The molecule has 2 aromatic rings. The maximum absolute atomic E-state index is 11.8. The van der Waals surface area contributed by atoms with Crippen molar-refractivity contribution in [2.24, 2.45) is 17.8 Å². The molecule has 0 amide bonds. The van der Waals surface area contributed by atoms with Crippen molar-refractivity contribution >= 4 is 11.7 Å². The van der Waals surface area contributed by atoms with Gasteiger partial charge in [0.15, 0.2) is 0 Å². The molecule has 2 aliphatic carbocycles. The van der Waals surface area contributed by atoms with E-state index in [4.69, 9.17) is 4.74 Å². The summed E-state index contributed by atoms with van der Waals surface area (Å²) in [6.45, 7) is 4.49. The molecule has 0 radical (unpaired) electrons. The molecular formula is C24H27NO2. The first-order valence-electron chi connectivity index (χ1n) is 10.1. The fourth-order valence-corrected chi connectivity index (χ4v) is 6.20. The number of methoxy groups -OCH3 is 1. The van der Waals surface area contributed by atoms with Gasteiger partial charge in [-0.1, -0.05) is 24.3 Å². The number of rotatable bonds is 2. The van der Waals surface area contributed by atoms with Crippen LogP contribution in [0.2, 0.25) is 0 Å². The first-order chi connectivity index (χ1) is 13.1. The molecule has 2 aromatic carbocycles. The average molecular weight is 361 g/mol. The summed E-state index contributed by atoms with van der Waals surface area (Å²) in [6, 6.07) is 12.9. The van der Waals surface area contributed by atoms with Gasteiger partial charge < -0.3 is 10.1 Å². The van der Waals surface area contributed by atoms with Crippen LogP contribution in [0.4, 0.5) is 5.69 Å². The standard InChI is InChI=1S/C24H27NO2/c1-13-4-5-14(2)22-19(13)20-17-10-11-18(12-17)21(20)23(25-22)15-6-8-16(9-7-15)24(26)27-3/h4-9,17-18,20-21,23,25H,10-12H2,1-3H3/t17-,18-,20+,21-,23-/m0/s1. The zero-order chi connectivity index (χ0) is 18.7. The molecule has 2 fully saturated rings. The summed E-state index contributed by atoms with van der Waals surface area (Å²) in [5.41, 5.74) is 7.62. The van der Waals surface area contributed by atoms with E-state index in [0.717, 1.165) is 11.8 Å². The van der Waals surface area contributed by atoms with Crippen molar-refractivity contribution in [3.63, 3.8) is 0 Å². The molecule has 1 heterocycles. The van der Waals surface area contributed by atoms with Crippen LogP contribution in [0, 0.1) is 31.6 Å². The molecule has 0 saturated heterocycles. The van der Waals surface area contributed by atoms with Gasteiger partial charge in [-0.3, -0.25) is 0 Å². The van der Waals surface area contributed by atoms with Gasteiger partial charge >= 0.3 is 5.97 Å². The summed E-state index contributed by atoms with van der Waals surface area (Å²) < 4.78 is 4.85. The second-order valence-corrected chi connectivity index (χ2v) is 8.66. The third-order valence-corrected chi connectivity index (χ3v) is 7.36. The van der Waals surface area contributed by atoms with Gasteiger partial charge in [0, 0.05) is 5.69 Å². The Morgan fingerprint density at radius 1 is 1.00 bits per heavy atom. The number of carbonyl (C=O) groups excluding carboxylic acids is 1. The minimum Gasteiger partial charge on any atom is -0.465 e. The van der Waals surface area contributed by atoms with E-state index >= 15 is 0 Å². The maximum atomic E-state index is 11.8. The minimum absolute atomic E-state index is 0.271. The van der Waals surface area contributed by atoms with Gasteiger partial charge in [-0.2, -0.15) is 0 Å². The molecule has 0 aromatic heterocycles. The fraction of sp³-hybridized carbons (Fsp3) is 0.458. The molecule has 5 atom stereocenters. The lowest BCUT2D eigenvalue weighted by atomic mass is 9.67. The second kappa shape index (κ2) is 6.12. The Balaban J connectivity index is 1.59. The Morgan fingerprint density at radius 2 is 1.70 bits per heavy atom. The Kier molecular flexibility index (Phi) is 3.82. The molecule has 27 heavy (non-hydrogen) atoms. The molecule has 3 heteroatoms. The third-order valence-electron chi connectivity index (χ3n) is 7.36. The van der Waals surface area contributed by atoms with Crippen molar-refractivity contribution in [2.45, 2.75) is 45.1 Å². The van der Waals surface area contributed by atoms with Gasteiger partial charge in [0.1, 0.15) is 0 Å². The van der Waals surface area contributed by atoms with Crippen molar-refractivity contribution in [3.8, 4) is 0 Å². The normalized spacial score (nSPS) is 30.4. The predicted molar refractivity (Wildman–Crippen MR) is 107 cm³/mol. The van der Waals surface area contributed by atoms with Gasteiger partial charge in [0.2, 0.25) is 0 Å². The predicted octanol–water partition coefficient (Wildman–Crippen LogP) is 5.39. The summed E-state index contributed by atoms with van der Waals surface area (Å²) >= 11 is 0. The number of aryl methyl sites for hydroxylation is 2. The molecule has 3 nitrogen and oxygen atoms in total. The topological polar surface area (TPSA) is 38.3 Å². The molecule has 1 aliphatic heterocycles. The summed E-state index contributed by atoms with van der Waals surface area (Å²) in [4.78, 5) is 11.8. The summed E-state index contributed by atoms with van der Waals surface area (Å²) in [5.74, 6) is 2.70. The first-order valence-corrected chi connectivity index (χ1v) is 10.1. The molecular weight excluding hydrogens is 334 g/mol. The Morgan fingerprint density at radius 3 is 2.44 bits per heavy atom. The molecule has 140 valence electrons. The van der Waals surface area contributed by atoms with Crippen LogP contribution >= 0.6 is 0 Å². The number of fused-ring (bicyclic) bond motifs is 7. The zero-order valence-corrected chi connectivity index (χ0v) is 16.3. The van der Waals surface area contributed by atoms with E-state index in [1.165, 1.54) is 48.8 Å². The number of anilines is 1. The second-order valence-electron chi connectivity index (χ2n) is 8.66. The number of benzene rings is 2. The van der Waals surface area contributed by atoms with Crippen LogP contribution in [-0.4, -0.2) is 13.1 Å². The number of hydrogen-bond acceptors (Lipinski definition) is 3. The molecule has 3 aliphatic rings. The van der Waals surface area contributed by atoms with Crippen LogP contribution in [0.5, 0.6) is 0 Å². The van der Waals surface area contributed by atoms with E-state index in [1.807, 2.05) is 12.1 Å². The SMILES string of the molecule is COC(=O)c1ccc([C@@H]2Nc3c(C)ccc(C)c3[C@H]3[C@H]4CC[C@@H](C4)[C@@H]32)cc1. The highest BCUT2D eigenvalue weighted by molar-refractivity contribution is 5.89. The van der Waals surface area contributed by atoms with E-state index in [0.29, 0.717) is 23.4 Å². The van der Waals surface area contributed by atoms with Gasteiger partial charge in [0.05, 0.1) is 18.7 Å². The molecule has 2 saturated carbocycles. The molecule has 2 bridgehead atoms. The zero-order valence-electron chi connectivity index (χ0n) is 16.3. The molecule has 0 unspecified atom stereocenters. The highest BCUT2D eigenvalue weighted by Gasteiger charge is 2.54. The average Bonchev–Trinajstić information content (AvgIpc) is 3.32. The van der Waals surface area contributed by atoms with Gasteiger partial charge in [-0.05, 0) is 91.2 Å².